The molecule has 2 rings (SSSR count). The van der Waals surface area contributed by atoms with Gasteiger partial charge in [-0.2, -0.15) is 0 Å². The Morgan fingerprint density at radius 1 is 1.43 bits per heavy atom. The van der Waals surface area contributed by atoms with E-state index in [1.807, 2.05) is 18.2 Å². The van der Waals surface area contributed by atoms with E-state index in [-0.39, 0.29) is 24.4 Å². The lowest BCUT2D eigenvalue weighted by Crippen LogP contribution is -2.43. The van der Waals surface area contributed by atoms with E-state index in [1.54, 1.807) is 6.92 Å². The lowest BCUT2D eigenvalue weighted by Gasteiger charge is -2.28. The predicted molar refractivity (Wildman–Crippen MR) is 88.9 cm³/mol. The van der Waals surface area contributed by atoms with Crippen molar-refractivity contribution in [2.75, 3.05) is 19.6 Å². The second-order valence-corrected chi connectivity index (χ2v) is 5.78. The number of halogens is 2. The number of nitrogens with zero attached hydrogens (tertiary/aromatic N) is 1. The predicted octanol–water partition coefficient (Wildman–Crippen LogP) is 2.36. The van der Waals surface area contributed by atoms with Gasteiger partial charge in [-0.25, -0.2) is 0 Å². The number of amides is 1. The van der Waals surface area contributed by atoms with Crippen molar-refractivity contribution in [3.8, 4) is 0 Å². The van der Waals surface area contributed by atoms with Crippen LogP contribution < -0.4 is 11.1 Å². The number of hydrogen-bond donors (Lipinski definition) is 2. The van der Waals surface area contributed by atoms with Gasteiger partial charge in [-0.15, -0.1) is 12.4 Å². The van der Waals surface area contributed by atoms with Crippen LogP contribution in [0.15, 0.2) is 24.3 Å². The number of likely N-dealkylation sites (tertiary alicyclic amines) is 1. The van der Waals surface area contributed by atoms with Crippen LogP contribution in [0, 0.1) is 0 Å². The smallest absolute Gasteiger partial charge is 0.236 e. The monoisotopic (exact) mass is 331 g/mol. The average Bonchev–Trinajstić information content (AvgIpc) is 2.92. The fraction of sp³-hybridized carbons (Fsp3) is 0.533. The Balaban J connectivity index is 0.00000220. The molecule has 6 heteroatoms. The van der Waals surface area contributed by atoms with Crippen molar-refractivity contribution in [2.24, 2.45) is 5.73 Å². The van der Waals surface area contributed by atoms with Gasteiger partial charge in [-0.05, 0) is 50.6 Å². The van der Waals surface area contributed by atoms with E-state index in [1.165, 1.54) is 12.8 Å². The van der Waals surface area contributed by atoms with Crippen molar-refractivity contribution < 1.29 is 4.79 Å². The third-order valence-electron chi connectivity index (χ3n) is 3.70. The van der Waals surface area contributed by atoms with Gasteiger partial charge in [0.15, 0.2) is 0 Å². The van der Waals surface area contributed by atoms with Gasteiger partial charge in [0.05, 0.1) is 12.1 Å². The Hall–Kier alpha value is -0.810. The lowest BCUT2D eigenvalue weighted by molar-refractivity contribution is -0.122. The molecule has 0 spiro atoms. The van der Waals surface area contributed by atoms with Crippen LogP contribution in [0.1, 0.15) is 31.4 Å². The topological polar surface area (TPSA) is 58.4 Å². The molecule has 21 heavy (non-hydrogen) atoms. The first-order chi connectivity index (χ1) is 9.58. The van der Waals surface area contributed by atoms with E-state index < -0.39 is 6.04 Å². The Kier molecular flexibility index (Phi) is 7.46. The highest BCUT2D eigenvalue weighted by atomic mass is 35.5. The summed E-state index contributed by atoms with van der Waals surface area (Å²) in [6, 6.07) is 7.54. The molecule has 1 aliphatic rings. The number of nitrogens with two attached hydrogens (primary N) is 1. The number of hydrogen-bond acceptors (Lipinski definition) is 3. The van der Waals surface area contributed by atoms with Crippen molar-refractivity contribution in [1.82, 2.24) is 10.2 Å². The van der Waals surface area contributed by atoms with Gasteiger partial charge in [-0.1, -0.05) is 23.7 Å². The van der Waals surface area contributed by atoms with Crippen LogP contribution in [0.2, 0.25) is 5.02 Å². The first kappa shape index (κ1) is 18.2. The molecule has 3 N–H and O–H groups in total. The van der Waals surface area contributed by atoms with E-state index in [0.717, 1.165) is 23.7 Å². The summed E-state index contributed by atoms with van der Waals surface area (Å²) in [5.74, 6) is -0.115. The average molecular weight is 332 g/mol. The summed E-state index contributed by atoms with van der Waals surface area (Å²) in [7, 11) is 0. The second kappa shape index (κ2) is 8.59. The van der Waals surface area contributed by atoms with Gasteiger partial charge in [-0.3, -0.25) is 9.69 Å². The van der Waals surface area contributed by atoms with Crippen LogP contribution in [0.25, 0.3) is 0 Å². The zero-order valence-corrected chi connectivity index (χ0v) is 13.8. The number of nitrogens with one attached hydrogen (secondary N) is 1. The minimum Gasteiger partial charge on any atom is -0.353 e. The molecule has 1 fully saturated rings. The van der Waals surface area contributed by atoms with Crippen molar-refractivity contribution in [3.63, 3.8) is 0 Å². The highest BCUT2D eigenvalue weighted by molar-refractivity contribution is 6.30. The lowest BCUT2D eigenvalue weighted by atomic mass is 10.1. The third kappa shape index (κ3) is 5.15. The molecule has 1 aliphatic heterocycles. The van der Waals surface area contributed by atoms with Crippen molar-refractivity contribution in [3.05, 3.63) is 34.9 Å². The fourth-order valence-corrected chi connectivity index (χ4v) is 2.78. The van der Waals surface area contributed by atoms with Gasteiger partial charge in [0.2, 0.25) is 5.91 Å². The summed E-state index contributed by atoms with van der Waals surface area (Å²) in [5.41, 5.74) is 6.73. The van der Waals surface area contributed by atoms with Crippen LogP contribution in [-0.2, 0) is 4.79 Å². The van der Waals surface area contributed by atoms with Crippen LogP contribution in [-0.4, -0.2) is 36.5 Å². The van der Waals surface area contributed by atoms with E-state index in [4.69, 9.17) is 17.3 Å². The van der Waals surface area contributed by atoms with Crippen LogP contribution in [0.5, 0.6) is 0 Å². The minimum atomic E-state index is -0.478. The van der Waals surface area contributed by atoms with E-state index in [2.05, 4.69) is 16.3 Å². The molecule has 118 valence electrons. The molecule has 4 nitrogen and oxygen atoms in total. The Bertz CT molecular complexity index is 462. The van der Waals surface area contributed by atoms with Crippen LogP contribution in [0.3, 0.4) is 0 Å². The summed E-state index contributed by atoms with van der Waals surface area (Å²) >= 11 is 6.08. The maximum Gasteiger partial charge on any atom is 0.236 e. The molecule has 0 radical (unpaired) electrons. The minimum absolute atomic E-state index is 0. The first-order valence-electron chi connectivity index (χ1n) is 7.10. The van der Waals surface area contributed by atoms with Crippen molar-refractivity contribution >= 4 is 29.9 Å². The summed E-state index contributed by atoms with van der Waals surface area (Å²) in [5, 5.41) is 3.66. The van der Waals surface area contributed by atoms with E-state index in [0.29, 0.717) is 6.54 Å². The van der Waals surface area contributed by atoms with Gasteiger partial charge >= 0.3 is 0 Å². The van der Waals surface area contributed by atoms with Crippen molar-refractivity contribution in [2.45, 2.75) is 31.8 Å². The summed E-state index contributed by atoms with van der Waals surface area (Å²) < 4.78 is 0. The second-order valence-electron chi connectivity index (χ2n) is 5.35. The van der Waals surface area contributed by atoms with Gasteiger partial charge in [0.1, 0.15) is 0 Å². The maximum atomic E-state index is 11.7. The molecular formula is C15H23Cl2N3O. The first-order valence-corrected chi connectivity index (χ1v) is 7.48. The van der Waals surface area contributed by atoms with E-state index >= 15 is 0 Å². The van der Waals surface area contributed by atoms with Crippen LogP contribution in [0.4, 0.5) is 0 Å². The molecular weight excluding hydrogens is 309 g/mol. The van der Waals surface area contributed by atoms with Gasteiger partial charge < -0.3 is 11.1 Å². The Morgan fingerprint density at radius 3 is 2.67 bits per heavy atom. The highest BCUT2D eigenvalue weighted by Crippen LogP contribution is 2.26. The number of carbonyl (C=O) groups is 1. The number of rotatable bonds is 5. The SMILES string of the molecule is CC(N)C(=O)NCC(c1cccc(Cl)c1)N1CCCC1.Cl. The zero-order chi connectivity index (χ0) is 14.5. The maximum absolute atomic E-state index is 11.7. The largest absolute Gasteiger partial charge is 0.353 e. The molecule has 1 aromatic carbocycles. The number of benzene rings is 1. The Morgan fingerprint density at radius 2 is 2.10 bits per heavy atom. The highest BCUT2D eigenvalue weighted by Gasteiger charge is 2.24. The molecule has 1 saturated heterocycles. The molecule has 2 unspecified atom stereocenters. The number of carbonyl (C=O) groups excluding carboxylic acids is 1. The van der Waals surface area contributed by atoms with Crippen LogP contribution >= 0.6 is 24.0 Å². The molecule has 2 atom stereocenters. The quantitative estimate of drug-likeness (QED) is 0.870. The van der Waals surface area contributed by atoms with Gasteiger partial charge in [0, 0.05) is 11.6 Å². The zero-order valence-electron chi connectivity index (χ0n) is 12.2. The molecule has 1 amide bonds. The van der Waals surface area contributed by atoms with E-state index in [9.17, 15) is 4.79 Å². The Labute approximate surface area is 137 Å². The molecule has 0 bridgehead atoms. The summed E-state index contributed by atoms with van der Waals surface area (Å²) in [4.78, 5) is 14.1. The molecule has 0 saturated carbocycles. The van der Waals surface area contributed by atoms with Gasteiger partial charge in [0.25, 0.3) is 0 Å². The summed E-state index contributed by atoms with van der Waals surface area (Å²) in [6.07, 6.45) is 2.41. The molecule has 1 aromatic rings. The molecule has 1 heterocycles. The fourth-order valence-electron chi connectivity index (χ4n) is 2.58. The standard InChI is InChI=1S/C15H22ClN3O.ClH/c1-11(17)15(20)18-10-14(19-7-2-3-8-19)12-5-4-6-13(16)9-12;/h4-6,9,11,14H,2-3,7-8,10,17H2,1H3,(H,18,20);1H. The third-order valence-corrected chi connectivity index (χ3v) is 3.93. The van der Waals surface area contributed by atoms with Crippen molar-refractivity contribution in [1.29, 1.82) is 0 Å². The normalized spacial score (nSPS) is 17.9. The molecule has 0 aliphatic carbocycles. The molecule has 0 aromatic heterocycles. The summed E-state index contributed by atoms with van der Waals surface area (Å²) in [6.45, 7) is 4.39.